The average molecular weight is 336 g/mol. The first kappa shape index (κ1) is 15.9. The lowest BCUT2D eigenvalue weighted by Gasteiger charge is -2.36. The van der Waals surface area contributed by atoms with Crippen LogP contribution in [0.1, 0.15) is 36.8 Å². The predicted molar refractivity (Wildman–Crippen MR) is 74.2 cm³/mol. The second-order valence-corrected chi connectivity index (χ2v) is 8.25. The highest BCUT2D eigenvalue weighted by atomic mass is 32.2. The molecule has 22 heavy (non-hydrogen) atoms. The van der Waals surface area contributed by atoms with Crippen LogP contribution in [-0.4, -0.2) is 25.4 Å². The molecule has 2 aliphatic heterocycles. The van der Waals surface area contributed by atoms with Crippen molar-refractivity contribution in [1.82, 2.24) is 0 Å². The summed E-state index contributed by atoms with van der Waals surface area (Å²) in [6.07, 6.45) is -2.96. The van der Waals surface area contributed by atoms with E-state index in [0.29, 0.717) is 6.07 Å². The van der Waals surface area contributed by atoms with E-state index in [1.165, 1.54) is 0 Å². The van der Waals surface area contributed by atoms with Crippen LogP contribution in [0.2, 0.25) is 0 Å². The molecule has 0 spiro atoms. The molecule has 0 radical (unpaired) electrons. The molecule has 2 fully saturated rings. The molecule has 0 aliphatic carbocycles. The summed E-state index contributed by atoms with van der Waals surface area (Å²) in [7, 11) is -1.01. The van der Waals surface area contributed by atoms with E-state index in [0.717, 1.165) is 25.0 Å². The van der Waals surface area contributed by atoms with E-state index < -0.39 is 34.0 Å². The van der Waals surface area contributed by atoms with Crippen molar-refractivity contribution in [3.05, 3.63) is 35.1 Å². The van der Waals surface area contributed by atoms with Gasteiger partial charge in [0.15, 0.2) is 0 Å². The Morgan fingerprint density at radius 2 is 1.82 bits per heavy atom. The summed E-state index contributed by atoms with van der Waals surface area (Å²) >= 11 is 0. The zero-order valence-corrected chi connectivity index (χ0v) is 12.5. The summed E-state index contributed by atoms with van der Waals surface area (Å²) in [4.78, 5) is 0. The fourth-order valence-corrected chi connectivity index (χ4v) is 5.89. The van der Waals surface area contributed by atoms with Crippen molar-refractivity contribution >= 4 is 10.8 Å². The number of rotatable bonds is 2. The molecule has 2 bridgehead atoms. The van der Waals surface area contributed by atoms with Gasteiger partial charge in [0.1, 0.15) is 5.82 Å². The SMILES string of the molecule is O=S1C2CCC1CC(O)(Cc1cc(F)ccc1C(F)(F)F)C2. The Balaban J connectivity index is 1.90. The van der Waals surface area contributed by atoms with Gasteiger partial charge in [-0.2, -0.15) is 13.2 Å². The van der Waals surface area contributed by atoms with Crippen LogP contribution in [0.5, 0.6) is 0 Å². The van der Waals surface area contributed by atoms with Gasteiger partial charge in [-0.05, 0) is 49.4 Å². The zero-order valence-electron chi connectivity index (χ0n) is 11.7. The molecule has 2 atom stereocenters. The highest BCUT2D eigenvalue weighted by Gasteiger charge is 2.48. The molecule has 2 nitrogen and oxygen atoms in total. The fourth-order valence-electron chi connectivity index (χ4n) is 3.66. The first-order chi connectivity index (χ1) is 10.2. The molecule has 2 unspecified atom stereocenters. The third kappa shape index (κ3) is 2.93. The molecule has 2 aliphatic rings. The molecule has 0 saturated carbocycles. The molecule has 122 valence electrons. The van der Waals surface area contributed by atoms with Gasteiger partial charge in [-0.15, -0.1) is 0 Å². The number of alkyl halides is 3. The van der Waals surface area contributed by atoms with Crippen LogP contribution in [0.15, 0.2) is 18.2 Å². The monoisotopic (exact) mass is 336 g/mol. The largest absolute Gasteiger partial charge is 0.416 e. The van der Waals surface area contributed by atoms with Crippen LogP contribution in [0.3, 0.4) is 0 Å². The second-order valence-electron chi connectivity index (χ2n) is 6.26. The quantitative estimate of drug-likeness (QED) is 0.842. The van der Waals surface area contributed by atoms with Crippen LogP contribution in [-0.2, 0) is 23.4 Å². The first-order valence-corrected chi connectivity index (χ1v) is 8.43. The molecule has 1 aromatic rings. The molecule has 0 amide bonds. The lowest BCUT2D eigenvalue weighted by molar-refractivity contribution is -0.138. The van der Waals surface area contributed by atoms with Gasteiger partial charge >= 0.3 is 6.18 Å². The normalized spacial score (nSPS) is 34.9. The number of halogens is 4. The van der Waals surface area contributed by atoms with Crippen LogP contribution < -0.4 is 0 Å². The van der Waals surface area contributed by atoms with Crippen molar-refractivity contribution in [2.75, 3.05) is 0 Å². The van der Waals surface area contributed by atoms with Gasteiger partial charge in [0.05, 0.1) is 11.2 Å². The van der Waals surface area contributed by atoms with Crippen LogP contribution in [0.4, 0.5) is 17.6 Å². The van der Waals surface area contributed by atoms with Gasteiger partial charge in [-0.1, -0.05) is 0 Å². The number of benzene rings is 1. The van der Waals surface area contributed by atoms with E-state index >= 15 is 0 Å². The summed E-state index contributed by atoms with van der Waals surface area (Å²) in [5.41, 5.74) is -2.49. The summed E-state index contributed by atoms with van der Waals surface area (Å²) in [6.45, 7) is 0. The molecule has 3 rings (SSSR count). The van der Waals surface area contributed by atoms with E-state index in [9.17, 15) is 26.9 Å². The van der Waals surface area contributed by atoms with Crippen molar-refractivity contribution in [2.45, 2.75) is 54.4 Å². The van der Waals surface area contributed by atoms with Crippen LogP contribution in [0, 0.1) is 5.82 Å². The predicted octanol–water partition coefficient (Wildman–Crippen LogP) is 3.19. The molecule has 0 aromatic heterocycles. The maximum absolute atomic E-state index is 13.3. The van der Waals surface area contributed by atoms with Crippen molar-refractivity contribution in [1.29, 1.82) is 0 Å². The Morgan fingerprint density at radius 1 is 1.23 bits per heavy atom. The maximum atomic E-state index is 13.3. The molecular weight excluding hydrogens is 320 g/mol. The first-order valence-electron chi connectivity index (χ1n) is 7.15. The third-order valence-electron chi connectivity index (χ3n) is 4.58. The lowest BCUT2D eigenvalue weighted by atomic mass is 9.85. The highest BCUT2D eigenvalue weighted by Crippen LogP contribution is 2.43. The van der Waals surface area contributed by atoms with Crippen molar-refractivity contribution in [3.8, 4) is 0 Å². The van der Waals surface area contributed by atoms with Gasteiger partial charge in [0, 0.05) is 27.7 Å². The molecule has 1 N–H and O–H groups in total. The average Bonchev–Trinajstić information content (AvgIpc) is 2.61. The van der Waals surface area contributed by atoms with Gasteiger partial charge in [-0.25, -0.2) is 4.39 Å². The number of hydrogen-bond acceptors (Lipinski definition) is 2. The van der Waals surface area contributed by atoms with Crippen LogP contribution >= 0.6 is 0 Å². The molecule has 1 aromatic carbocycles. The van der Waals surface area contributed by atoms with E-state index in [1.54, 1.807) is 0 Å². The van der Waals surface area contributed by atoms with E-state index in [2.05, 4.69) is 0 Å². The summed E-state index contributed by atoms with van der Waals surface area (Å²) in [5, 5.41) is 10.4. The standard InChI is InChI=1S/C15H16F4O2S/c16-10-1-4-13(15(17,18)19)9(5-10)6-14(20)7-11-2-3-12(8-14)22(11)21/h1,4-5,11-12,20H,2-3,6-8H2. The second kappa shape index (κ2) is 5.30. The van der Waals surface area contributed by atoms with Gasteiger partial charge in [0.25, 0.3) is 0 Å². The highest BCUT2D eigenvalue weighted by molar-refractivity contribution is 7.86. The fraction of sp³-hybridized carbons (Fsp3) is 0.600. The number of fused-ring (bicyclic) bond motifs is 2. The zero-order chi connectivity index (χ0) is 16.1. The van der Waals surface area contributed by atoms with E-state index in [1.807, 2.05) is 0 Å². The number of hydrogen-bond donors (Lipinski definition) is 1. The molecule has 7 heteroatoms. The minimum absolute atomic E-state index is 0.161. The molecule has 2 heterocycles. The summed E-state index contributed by atoms with van der Waals surface area (Å²) < 4.78 is 64.4. The van der Waals surface area contributed by atoms with E-state index in [4.69, 9.17) is 0 Å². The third-order valence-corrected chi connectivity index (χ3v) is 6.69. The Morgan fingerprint density at radius 3 is 2.36 bits per heavy atom. The van der Waals surface area contributed by atoms with Crippen molar-refractivity contribution < 1.29 is 26.9 Å². The molecular formula is C15H16F4O2S. The Bertz CT molecular complexity index is 598. The van der Waals surface area contributed by atoms with Crippen molar-refractivity contribution in [2.24, 2.45) is 0 Å². The minimum atomic E-state index is -4.59. The topological polar surface area (TPSA) is 37.3 Å². The maximum Gasteiger partial charge on any atom is 0.416 e. The van der Waals surface area contributed by atoms with E-state index in [-0.39, 0.29) is 35.3 Å². The smallest absolute Gasteiger partial charge is 0.389 e. The van der Waals surface area contributed by atoms with Crippen LogP contribution in [0.25, 0.3) is 0 Å². The summed E-state index contributed by atoms with van der Waals surface area (Å²) in [6, 6.07) is 2.33. The summed E-state index contributed by atoms with van der Waals surface area (Å²) in [5.74, 6) is -0.756. The Kier molecular flexibility index (Phi) is 3.84. The molecule has 2 saturated heterocycles. The minimum Gasteiger partial charge on any atom is -0.389 e. The van der Waals surface area contributed by atoms with Gasteiger partial charge in [0.2, 0.25) is 0 Å². The number of aliphatic hydroxyl groups is 1. The van der Waals surface area contributed by atoms with Gasteiger partial charge in [-0.3, -0.25) is 4.21 Å². The Hall–Kier alpha value is -0.950. The Labute approximate surface area is 128 Å². The van der Waals surface area contributed by atoms with Gasteiger partial charge < -0.3 is 5.11 Å². The van der Waals surface area contributed by atoms with Crippen molar-refractivity contribution in [3.63, 3.8) is 0 Å². The lowest BCUT2D eigenvalue weighted by Crippen LogP contribution is -2.44.